The van der Waals surface area contributed by atoms with Gasteiger partial charge in [0.1, 0.15) is 11.9 Å². The number of rotatable bonds is 4. The van der Waals surface area contributed by atoms with Gasteiger partial charge in [-0.1, -0.05) is 26.0 Å². The van der Waals surface area contributed by atoms with Crippen LogP contribution in [0.2, 0.25) is 0 Å². The lowest BCUT2D eigenvalue weighted by Gasteiger charge is -2.39. The van der Waals surface area contributed by atoms with E-state index in [1.165, 1.54) is 0 Å². The Hall–Kier alpha value is -2.24. The second kappa shape index (κ2) is 8.43. The fourth-order valence-electron chi connectivity index (χ4n) is 3.59. The van der Waals surface area contributed by atoms with Gasteiger partial charge < -0.3 is 15.0 Å². The SMILES string of the molecule is CCCNC(=O)C1CCN(C(=O)N2C[C@@H](CC)Oc3ccccc32)CC1. The van der Waals surface area contributed by atoms with Crippen LogP contribution in [0.5, 0.6) is 5.75 Å². The van der Waals surface area contributed by atoms with Crippen molar-refractivity contribution in [2.24, 2.45) is 5.92 Å². The summed E-state index contributed by atoms with van der Waals surface area (Å²) in [5.74, 6) is 0.917. The van der Waals surface area contributed by atoms with Gasteiger partial charge in [0.15, 0.2) is 0 Å². The van der Waals surface area contributed by atoms with Crippen molar-refractivity contribution in [3.63, 3.8) is 0 Å². The monoisotopic (exact) mass is 359 g/mol. The zero-order valence-electron chi connectivity index (χ0n) is 15.7. The number of para-hydroxylation sites is 2. The third-order valence-corrected chi connectivity index (χ3v) is 5.21. The van der Waals surface area contributed by atoms with Crippen LogP contribution in [0.15, 0.2) is 24.3 Å². The second-order valence-corrected chi connectivity index (χ2v) is 7.06. The molecule has 0 saturated carbocycles. The van der Waals surface area contributed by atoms with Crippen molar-refractivity contribution < 1.29 is 14.3 Å². The van der Waals surface area contributed by atoms with Crippen LogP contribution < -0.4 is 15.0 Å². The Balaban J connectivity index is 1.64. The zero-order chi connectivity index (χ0) is 18.5. The predicted molar refractivity (Wildman–Crippen MR) is 101 cm³/mol. The van der Waals surface area contributed by atoms with Crippen LogP contribution in [0, 0.1) is 5.92 Å². The number of hydrogen-bond acceptors (Lipinski definition) is 3. The number of hydrogen-bond donors (Lipinski definition) is 1. The highest BCUT2D eigenvalue weighted by Crippen LogP contribution is 2.34. The van der Waals surface area contributed by atoms with Gasteiger partial charge in [0, 0.05) is 25.6 Å². The smallest absolute Gasteiger partial charge is 0.324 e. The van der Waals surface area contributed by atoms with Gasteiger partial charge in [-0.25, -0.2) is 4.79 Å². The highest BCUT2D eigenvalue weighted by atomic mass is 16.5. The molecule has 2 heterocycles. The maximum Gasteiger partial charge on any atom is 0.324 e. The Labute approximate surface area is 155 Å². The number of benzene rings is 1. The molecule has 0 spiro atoms. The average molecular weight is 359 g/mol. The summed E-state index contributed by atoms with van der Waals surface area (Å²) in [4.78, 5) is 29.0. The van der Waals surface area contributed by atoms with Gasteiger partial charge in [-0.2, -0.15) is 0 Å². The maximum absolute atomic E-state index is 13.1. The minimum Gasteiger partial charge on any atom is -0.486 e. The molecule has 0 unspecified atom stereocenters. The number of anilines is 1. The molecule has 1 aromatic carbocycles. The first-order valence-electron chi connectivity index (χ1n) is 9.73. The normalized spacial score (nSPS) is 20.3. The number of amides is 3. The molecule has 0 bridgehead atoms. The minimum absolute atomic E-state index is 0.0194. The van der Waals surface area contributed by atoms with Gasteiger partial charge in [0.2, 0.25) is 5.91 Å². The van der Waals surface area contributed by atoms with Crippen molar-refractivity contribution in [2.45, 2.75) is 45.6 Å². The van der Waals surface area contributed by atoms with Crippen LogP contribution in [0.25, 0.3) is 0 Å². The Bertz CT molecular complexity index is 641. The summed E-state index contributed by atoms with van der Waals surface area (Å²) in [5.41, 5.74) is 0.838. The summed E-state index contributed by atoms with van der Waals surface area (Å²) >= 11 is 0. The van der Waals surface area contributed by atoms with E-state index < -0.39 is 0 Å². The summed E-state index contributed by atoms with van der Waals surface area (Å²) < 4.78 is 5.97. The molecule has 1 aromatic rings. The minimum atomic E-state index is 0.0194. The number of nitrogens with zero attached hydrogens (tertiary/aromatic N) is 2. The molecule has 0 aliphatic carbocycles. The number of urea groups is 1. The van der Waals surface area contributed by atoms with E-state index in [2.05, 4.69) is 12.2 Å². The molecule has 2 aliphatic rings. The molecule has 0 aromatic heterocycles. The fourth-order valence-corrected chi connectivity index (χ4v) is 3.59. The summed E-state index contributed by atoms with van der Waals surface area (Å²) in [6, 6.07) is 7.73. The predicted octanol–water partition coefficient (Wildman–Crippen LogP) is 3.02. The van der Waals surface area contributed by atoms with E-state index in [1.807, 2.05) is 41.0 Å². The number of fused-ring (bicyclic) bond motifs is 1. The van der Waals surface area contributed by atoms with E-state index in [-0.39, 0.29) is 24.0 Å². The number of carbonyl (C=O) groups is 2. The molecule has 1 saturated heterocycles. The van der Waals surface area contributed by atoms with Crippen LogP contribution >= 0.6 is 0 Å². The molecule has 6 heteroatoms. The van der Waals surface area contributed by atoms with Gasteiger partial charge in [0.05, 0.1) is 12.2 Å². The van der Waals surface area contributed by atoms with Crippen molar-refractivity contribution >= 4 is 17.6 Å². The quantitative estimate of drug-likeness (QED) is 0.899. The van der Waals surface area contributed by atoms with E-state index >= 15 is 0 Å². The Kier molecular flexibility index (Phi) is 6.01. The summed E-state index contributed by atoms with van der Waals surface area (Å²) in [6.45, 7) is 6.66. The van der Waals surface area contributed by atoms with Crippen molar-refractivity contribution in [3.8, 4) is 5.75 Å². The van der Waals surface area contributed by atoms with Crippen LogP contribution in [0.1, 0.15) is 39.5 Å². The lowest BCUT2D eigenvalue weighted by atomic mass is 9.96. The van der Waals surface area contributed by atoms with Crippen LogP contribution in [0.4, 0.5) is 10.5 Å². The molecule has 1 atom stereocenters. The Morgan fingerprint density at radius 2 is 1.92 bits per heavy atom. The highest BCUT2D eigenvalue weighted by Gasteiger charge is 2.34. The lowest BCUT2D eigenvalue weighted by Crippen LogP contribution is -2.52. The van der Waals surface area contributed by atoms with E-state index in [0.717, 1.165) is 43.7 Å². The summed E-state index contributed by atoms with van der Waals surface area (Å²) in [6.07, 6.45) is 3.27. The third kappa shape index (κ3) is 3.94. The van der Waals surface area contributed by atoms with Crippen molar-refractivity contribution in [3.05, 3.63) is 24.3 Å². The maximum atomic E-state index is 13.1. The number of nitrogens with one attached hydrogen (secondary N) is 1. The highest BCUT2D eigenvalue weighted by molar-refractivity contribution is 5.94. The molecule has 142 valence electrons. The standard InChI is InChI=1S/C20H29N3O3/c1-3-11-21-19(24)15-9-12-22(13-10-15)20(25)23-14-16(4-2)26-18-8-6-5-7-17(18)23/h5-8,15-16H,3-4,9-14H2,1-2H3,(H,21,24)/t16-/m1/s1. The first kappa shape index (κ1) is 18.5. The van der Waals surface area contributed by atoms with Crippen LogP contribution in [-0.2, 0) is 4.79 Å². The van der Waals surface area contributed by atoms with E-state index in [0.29, 0.717) is 19.6 Å². The van der Waals surface area contributed by atoms with Gasteiger partial charge in [-0.3, -0.25) is 9.69 Å². The Morgan fingerprint density at radius 3 is 2.62 bits per heavy atom. The largest absolute Gasteiger partial charge is 0.486 e. The molecular weight excluding hydrogens is 330 g/mol. The van der Waals surface area contributed by atoms with Gasteiger partial charge in [-0.15, -0.1) is 0 Å². The number of likely N-dealkylation sites (tertiary alicyclic amines) is 1. The van der Waals surface area contributed by atoms with E-state index in [4.69, 9.17) is 4.74 Å². The van der Waals surface area contributed by atoms with Gasteiger partial charge in [0.25, 0.3) is 0 Å². The first-order chi connectivity index (χ1) is 12.6. The molecular formula is C20H29N3O3. The lowest BCUT2D eigenvalue weighted by molar-refractivity contribution is -0.126. The molecule has 2 aliphatic heterocycles. The van der Waals surface area contributed by atoms with Crippen LogP contribution in [0.3, 0.4) is 0 Å². The average Bonchev–Trinajstić information content (AvgIpc) is 2.70. The molecule has 1 fully saturated rings. The second-order valence-electron chi connectivity index (χ2n) is 7.06. The molecule has 26 heavy (non-hydrogen) atoms. The van der Waals surface area contributed by atoms with E-state index in [9.17, 15) is 9.59 Å². The van der Waals surface area contributed by atoms with E-state index in [1.54, 1.807) is 0 Å². The molecule has 3 rings (SSSR count). The topological polar surface area (TPSA) is 61.9 Å². The molecule has 1 N–H and O–H groups in total. The van der Waals surface area contributed by atoms with Crippen molar-refractivity contribution in [1.82, 2.24) is 10.2 Å². The number of ether oxygens (including phenoxy) is 1. The van der Waals surface area contributed by atoms with Gasteiger partial charge >= 0.3 is 6.03 Å². The Morgan fingerprint density at radius 1 is 1.19 bits per heavy atom. The fraction of sp³-hybridized carbons (Fsp3) is 0.600. The van der Waals surface area contributed by atoms with Crippen molar-refractivity contribution in [2.75, 3.05) is 31.1 Å². The first-order valence-corrected chi connectivity index (χ1v) is 9.73. The molecule has 3 amide bonds. The summed E-state index contributed by atoms with van der Waals surface area (Å²) in [7, 11) is 0. The number of piperidine rings is 1. The molecule has 6 nitrogen and oxygen atoms in total. The molecule has 0 radical (unpaired) electrons. The van der Waals surface area contributed by atoms with Crippen LogP contribution in [-0.4, -0.2) is 49.1 Å². The third-order valence-electron chi connectivity index (χ3n) is 5.21. The summed E-state index contributed by atoms with van der Waals surface area (Å²) in [5, 5.41) is 2.97. The van der Waals surface area contributed by atoms with Crippen molar-refractivity contribution in [1.29, 1.82) is 0 Å². The zero-order valence-corrected chi connectivity index (χ0v) is 15.7. The van der Waals surface area contributed by atoms with Gasteiger partial charge in [-0.05, 0) is 37.8 Å². The number of carbonyl (C=O) groups excluding carboxylic acids is 2.